The van der Waals surface area contributed by atoms with Crippen molar-refractivity contribution in [2.75, 3.05) is 0 Å². The zero-order valence-electron chi connectivity index (χ0n) is 10.5. The van der Waals surface area contributed by atoms with Crippen molar-refractivity contribution in [1.29, 1.82) is 0 Å². The van der Waals surface area contributed by atoms with E-state index in [4.69, 9.17) is 10.2 Å². The molecular weight excluding hydrogens is 212 g/mol. The number of nitrogens with two attached hydrogens (primary N) is 1. The molecule has 2 rings (SSSR count). The Hall–Kier alpha value is -1.61. The summed E-state index contributed by atoms with van der Waals surface area (Å²) in [6.45, 7) is 6.17. The minimum absolute atomic E-state index is 0.144. The second-order valence-electron chi connectivity index (χ2n) is 4.70. The van der Waals surface area contributed by atoms with E-state index in [1.807, 2.05) is 12.1 Å². The molecule has 1 heterocycles. The first-order valence-electron chi connectivity index (χ1n) is 5.86. The van der Waals surface area contributed by atoms with Crippen LogP contribution in [0.25, 0.3) is 11.3 Å². The summed E-state index contributed by atoms with van der Waals surface area (Å²) in [6, 6.07) is 8.02. The fourth-order valence-electron chi connectivity index (χ4n) is 1.58. The smallest absolute Gasteiger partial charge is 0.212 e. The van der Waals surface area contributed by atoms with Crippen LogP contribution in [0.3, 0.4) is 0 Å². The van der Waals surface area contributed by atoms with Crippen LogP contribution in [0.5, 0.6) is 0 Å². The Morgan fingerprint density at radius 1 is 1.18 bits per heavy atom. The average Bonchev–Trinajstić information content (AvgIpc) is 2.78. The number of hydrogen-bond donors (Lipinski definition) is 1. The van der Waals surface area contributed by atoms with E-state index < -0.39 is 0 Å². The lowest BCUT2D eigenvalue weighted by atomic mass is 10.1. The van der Waals surface area contributed by atoms with E-state index in [2.05, 4.69) is 37.9 Å². The Balaban J connectivity index is 2.26. The molecule has 0 saturated heterocycles. The van der Waals surface area contributed by atoms with Gasteiger partial charge in [-0.2, -0.15) is 0 Å². The van der Waals surface area contributed by atoms with Crippen molar-refractivity contribution in [3.63, 3.8) is 0 Å². The fourth-order valence-corrected chi connectivity index (χ4v) is 1.58. The molecule has 3 nitrogen and oxygen atoms in total. The molecule has 2 aromatic rings. The van der Waals surface area contributed by atoms with E-state index in [0.717, 1.165) is 11.3 Å². The lowest BCUT2D eigenvalue weighted by Gasteiger charge is -2.10. The van der Waals surface area contributed by atoms with Crippen molar-refractivity contribution < 1.29 is 4.42 Å². The van der Waals surface area contributed by atoms with Gasteiger partial charge in [0.2, 0.25) is 5.89 Å². The normalized spacial score (nSPS) is 13.0. The molecule has 90 valence electrons. The number of rotatable bonds is 3. The van der Waals surface area contributed by atoms with Gasteiger partial charge in [0.05, 0.1) is 12.2 Å². The van der Waals surface area contributed by atoms with E-state index in [-0.39, 0.29) is 6.04 Å². The quantitative estimate of drug-likeness (QED) is 0.880. The maximum atomic E-state index is 6.00. The topological polar surface area (TPSA) is 52.0 Å². The van der Waals surface area contributed by atoms with Crippen molar-refractivity contribution in [2.45, 2.75) is 26.8 Å². The van der Waals surface area contributed by atoms with Gasteiger partial charge in [-0.3, -0.25) is 0 Å². The van der Waals surface area contributed by atoms with Gasteiger partial charge in [0, 0.05) is 5.56 Å². The van der Waals surface area contributed by atoms with Crippen LogP contribution < -0.4 is 5.73 Å². The van der Waals surface area contributed by atoms with Gasteiger partial charge >= 0.3 is 0 Å². The van der Waals surface area contributed by atoms with Crippen molar-refractivity contribution in [1.82, 2.24) is 4.98 Å². The zero-order chi connectivity index (χ0) is 12.4. The summed E-state index contributed by atoms with van der Waals surface area (Å²) in [5.74, 6) is 1.70. The summed E-state index contributed by atoms with van der Waals surface area (Å²) in [4.78, 5) is 4.24. The van der Waals surface area contributed by atoms with Gasteiger partial charge in [-0.25, -0.2) is 4.98 Å². The van der Waals surface area contributed by atoms with Gasteiger partial charge in [0.1, 0.15) is 0 Å². The molecule has 1 aromatic heterocycles. The number of benzene rings is 1. The van der Waals surface area contributed by atoms with Gasteiger partial charge in [-0.1, -0.05) is 43.7 Å². The van der Waals surface area contributed by atoms with Crippen molar-refractivity contribution >= 4 is 0 Å². The number of aromatic nitrogens is 1. The maximum absolute atomic E-state index is 6.00. The summed E-state index contributed by atoms with van der Waals surface area (Å²) in [6.07, 6.45) is 1.74. The van der Waals surface area contributed by atoms with Gasteiger partial charge in [-0.15, -0.1) is 0 Å². The molecule has 0 fully saturated rings. The van der Waals surface area contributed by atoms with Gasteiger partial charge in [0.15, 0.2) is 5.76 Å². The van der Waals surface area contributed by atoms with Crippen molar-refractivity contribution in [2.24, 2.45) is 11.7 Å². The maximum Gasteiger partial charge on any atom is 0.212 e. The van der Waals surface area contributed by atoms with Crippen molar-refractivity contribution in [3.05, 3.63) is 41.9 Å². The predicted molar refractivity (Wildman–Crippen MR) is 68.4 cm³/mol. The van der Waals surface area contributed by atoms with Crippen LogP contribution in [-0.4, -0.2) is 4.98 Å². The first-order valence-corrected chi connectivity index (χ1v) is 5.86. The van der Waals surface area contributed by atoms with Crippen LogP contribution in [0.4, 0.5) is 0 Å². The standard InChI is InChI=1S/C14H18N2O/c1-9(2)13(15)14-16-8-12(17-14)11-6-4-10(3)5-7-11/h4-9,13H,15H2,1-3H3. The highest BCUT2D eigenvalue weighted by molar-refractivity contribution is 5.56. The van der Waals surface area contributed by atoms with E-state index in [0.29, 0.717) is 11.8 Å². The van der Waals surface area contributed by atoms with E-state index in [1.165, 1.54) is 5.56 Å². The predicted octanol–water partition coefficient (Wildman–Crippen LogP) is 3.31. The molecule has 0 saturated carbocycles. The van der Waals surface area contributed by atoms with Crippen LogP contribution in [-0.2, 0) is 0 Å². The zero-order valence-corrected chi connectivity index (χ0v) is 10.5. The molecule has 0 radical (unpaired) electrons. The van der Waals surface area contributed by atoms with Crippen LogP contribution >= 0.6 is 0 Å². The third-order valence-electron chi connectivity index (χ3n) is 2.86. The van der Waals surface area contributed by atoms with Gasteiger partial charge < -0.3 is 10.2 Å². The summed E-state index contributed by atoms with van der Waals surface area (Å²) in [5, 5.41) is 0. The third-order valence-corrected chi connectivity index (χ3v) is 2.86. The first-order chi connectivity index (χ1) is 8.08. The van der Waals surface area contributed by atoms with Crippen LogP contribution in [0.15, 0.2) is 34.9 Å². The Morgan fingerprint density at radius 2 is 1.82 bits per heavy atom. The molecule has 1 aromatic carbocycles. The minimum Gasteiger partial charge on any atom is -0.439 e. The summed E-state index contributed by atoms with van der Waals surface area (Å²) >= 11 is 0. The Morgan fingerprint density at radius 3 is 2.41 bits per heavy atom. The lowest BCUT2D eigenvalue weighted by molar-refractivity contribution is 0.394. The molecular formula is C14H18N2O. The average molecular weight is 230 g/mol. The minimum atomic E-state index is -0.144. The highest BCUT2D eigenvalue weighted by Gasteiger charge is 2.16. The molecule has 3 heteroatoms. The highest BCUT2D eigenvalue weighted by Crippen LogP contribution is 2.25. The molecule has 17 heavy (non-hydrogen) atoms. The van der Waals surface area contributed by atoms with Crippen LogP contribution in [0.2, 0.25) is 0 Å². The molecule has 0 spiro atoms. The summed E-state index contributed by atoms with van der Waals surface area (Å²) in [7, 11) is 0. The Bertz CT molecular complexity index is 485. The number of oxazole rings is 1. The first kappa shape index (κ1) is 11.9. The number of nitrogens with zero attached hydrogens (tertiary/aromatic N) is 1. The van der Waals surface area contributed by atoms with Crippen LogP contribution in [0.1, 0.15) is 31.3 Å². The van der Waals surface area contributed by atoms with E-state index in [9.17, 15) is 0 Å². The van der Waals surface area contributed by atoms with E-state index >= 15 is 0 Å². The molecule has 2 N–H and O–H groups in total. The molecule has 1 unspecified atom stereocenters. The number of hydrogen-bond acceptors (Lipinski definition) is 3. The molecule has 0 amide bonds. The highest BCUT2D eigenvalue weighted by atomic mass is 16.4. The van der Waals surface area contributed by atoms with Crippen LogP contribution in [0, 0.1) is 12.8 Å². The van der Waals surface area contributed by atoms with E-state index in [1.54, 1.807) is 6.20 Å². The third kappa shape index (κ3) is 2.56. The molecule has 1 atom stereocenters. The second-order valence-corrected chi connectivity index (χ2v) is 4.70. The SMILES string of the molecule is Cc1ccc(-c2cnc(C(N)C(C)C)o2)cc1. The summed E-state index contributed by atoms with van der Waals surface area (Å²) in [5.41, 5.74) is 8.26. The van der Waals surface area contributed by atoms with Crippen molar-refractivity contribution in [3.8, 4) is 11.3 Å². The second kappa shape index (κ2) is 4.72. The largest absolute Gasteiger partial charge is 0.439 e. The van der Waals surface area contributed by atoms with Gasteiger partial charge in [0.25, 0.3) is 0 Å². The summed E-state index contributed by atoms with van der Waals surface area (Å²) < 4.78 is 5.70. The molecule has 0 aliphatic heterocycles. The Labute approximate surface area is 102 Å². The monoisotopic (exact) mass is 230 g/mol. The van der Waals surface area contributed by atoms with Gasteiger partial charge in [-0.05, 0) is 12.8 Å². The Kier molecular flexibility index (Phi) is 3.29. The fraction of sp³-hybridized carbons (Fsp3) is 0.357. The lowest BCUT2D eigenvalue weighted by Crippen LogP contribution is -2.16. The number of aryl methyl sites for hydroxylation is 1. The molecule has 0 aliphatic carbocycles. The molecule has 0 bridgehead atoms. The molecule has 0 aliphatic rings.